The van der Waals surface area contributed by atoms with Crippen LogP contribution < -0.4 is 10.6 Å². The van der Waals surface area contributed by atoms with E-state index >= 15 is 0 Å². The largest absolute Gasteiger partial charge is 0.374 e. The summed E-state index contributed by atoms with van der Waals surface area (Å²) in [4.78, 5) is 11.9. The van der Waals surface area contributed by atoms with Gasteiger partial charge in [0.1, 0.15) is 0 Å². The molecule has 1 aliphatic rings. The Bertz CT molecular complexity index is 757. The number of ether oxygens (including phenoxy) is 1. The lowest BCUT2D eigenvalue weighted by molar-refractivity contribution is 0.00167. The number of rotatable bonds is 4. The second-order valence-electron chi connectivity index (χ2n) is 5.59. The van der Waals surface area contributed by atoms with Gasteiger partial charge in [-0.3, -0.25) is 0 Å². The molecule has 130 valence electrons. The van der Waals surface area contributed by atoms with Crippen LogP contribution >= 0.6 is 0 Å². The van der Waals surface area contributed by atoms with Crippen LogP contribution in [0.4, 0.5) is 10.5 Å². The third-order valence-corrected chi connectivity index (χ3v) is 4.95. The molecular weight excluding hydrogens is 332 g/mol. The van der Waals surface area contributed by atoms with E-state index in [1.165, 1.54) is 4.31 Å². The first-order valence-corrected chi connectivity index (χ1v) is 9.27. The maximum absolute atomic E-state index is 11.9. The van der Waals surface area contributed by atoms with Gasteiger partial charge in [-0.1, -0.05) is 6.07 Å². The van der Waals surface area contributed by atoms with E-state index in [4.69, 9.17) is 10.00 Å². The van der Waals surface area contributed by atoms with Gasteiger partial charge in [0.2, 0.25) is 10.0 Å². The van der Waals surface area contributed by atoms with Gasteiger partial charge in [-0.2, -0.15) is 9.57 Å². The van der Waals surface area contributed by atoms with Gasteiger partial charge in [-0.05, 0) is 24.6 Å². The van der Waals surface area contributed by atoms with Crippen molar-refractivity contribution < 1.29 is 17.9 Å². The molecule has 2 rings (SSSR count). The number of aryl methyl sites for hydroxylation is 1. The maximum Gasteiger partial charge on any atom is 0.319 e. The van der Waals surface area contributed by atoms with E-state index in [2.05, 4.69) is 16.7 Å². The minimum absolute atomic E-state index is 0.189. The van der Waals surface area contributed by atoms with Crippen molar-refractivity contribution in [2.45, 2.75) is 13.0 Å². The fraction of sp³-hybridized carbons (Fsp3) is 0.467. The Morgan fingerprint density at radius 1 is 1.50 bits per heavy atom. The highest BCUT2D eigenvalue weighted by Crippen LogP contribution is 2.14. The van der Waals surface area contributed by atoms with Gasteiger partial charge in [-0.25, -0.2) is 13.2 Å². The minimum atomic E-state index is -3.26. The van der Waals surface area contributed by atoms with Crippen molar-refractivity contribution in [1.82, 2.24) is 9.62 Å². The Balaban J connectivity index is 1.86. The number of carbonyl (C=O) groups excluding carboxylic acids is 1. The molecule has 1 saturated heterocycles. The lowest BCUT2D eigenvalue weighted by atomic mass is 10.1. The standard InChI is InChI=1S/C15H20N4O4S/c1-11-3-4-13(7-12(11)8-16)18-15(20)17-9-14-10-19(5-6-23-14)24(2,21)22/h3-4,7,14H,5-6,9-10H2,1-2H3,(H2,17,18,20). The highest BCUT2D eigenvalue weighted by molar-refractivity contribution is 7.88. The van der Waals surface area contributed by atoms with Gasteiger partial charge in [0.15, 0.2) is 0 Å². The molecule has 1 heterocycles. The first-order chi connectivity index (χ1) is 11.3. The molecule has 0 radical (unpaired) electrons. The summed E-state index contributed by atoms with van der Waals surface area (Å²) >= 11 is 0. The Hall–Kier alpha value is -2.15. The Labute approximate surface area is 141 Å². The molecule has 1 aromatic carbocycles. The highest BCUT2D eigenvalue weighted by atomic mass is 32.2. The number of sulfonamides is 1. The smallest absolute Gasteiger partial charge is 0.319 e. The normalized spacial score (nSPS) is 18.6. The number of urea groups is 1. The molecule has 0 aromatic heterocycles. The molecular formula is C15H20N4O4S. The summed E-state index contributed by atoms with van der Waals surface area (Å²) in [6.45, 7) is 2.83. The third-order valence-electron chi connectivity index (χ3n) is 3.68. The first-order valence-electron chi connectivity index (χ1n) is 7.42. The van der Waals surface area contributed by atoms with E-state index in [9.17, 15) is 13.2 Å². The average molecular weight is 352 g/mol. The summed E-state index contributed by atoms with van der Waals surface area (Å²) in [5.74, 6) is 0. The molecule has 0 aliphatic carbocycles. The Morgan fingerprint density at radius 3 is 2.92 bits per heavy atom. The Morgan fingerprint density at radius 2 is 2.25 bits per heavy atom. The van der Waals surface area contributed by atoms with E-state index in [1.54, 1.807) is 18.2 Å². The number of anilines is 1. The second-order valence-corrected chi connectivity index (χ2v) is 7.57. The van der Waals surface area contributed by atoms with E-state index in [-0.39, 0.29) is 13.1 Å². The molecule has 1 unspecified atom stereocenters. The SMILES string of the molecule is Cc1ccc(NC(=O)NCC2CN(S(C)(=O)=O)CCO2)cc1C#N. The molecule has 0 saturated carbocycles. The zero-order valence-electron chi connectivity index (χ0n) is 13.6. The number of morpholine rings is 1. The maximum atomic E-state index is 11.9. The molecule has 1 atom stereocenters. The van der Waals surface area contributed by atoms with Gasteiger partial charge in [0.25, 0.3) is 0 Å². The van der Waals surface area contributed by atoms with Gasteiger partial charge in [-0.15, -0.1) is 0 Å². The van der Waals surface area contributed by atoms with Crippen LogP contribution in [0, 0.1) is 18.3 Å². The number of nitrogens with zero attached hydrogens (tertiary/aromatic N) is 2. The molecule has 8 nitrogen and oxygen atoms in total. The van der Waals surface area contributed by atoms with Gasteiger partial charge >= 0.3 is 6.03 Å². The van der Waals surface area contributed by atoms with Crippen molar-refractivity contribution >= 4 is 21.7 Å². The summed E-state index contributed by atoms with van der Waals surface area (Å²) < 4.78 is 29.9. The average Bonchev–Trinajstić information content (AvgIpc) is 2.54. The zero-order valence-corrected chi connectivity index (χ0v) is 14.4. The van der Waals surface area contributed by atoms with Crippen molar-refractivity contribution in [3.05, 3.63) is 29.3 Å². The summed E-state index contributed by atoms with van der Waals surface area (Å²) in [6.07, 6.45) is 0.756. The van der Waals surface area contributed by atoms with Crippen molar-refractivity contribution in [2.75, 3.05) is 37.8 Å². The van der Waals surface area contributed by atoms with Crippen LogP contribution in [-0.2, 0) is 14.8 Å². The summed E-state index contributed by atoms with van der Waals surface area (Å²) in [6, 6.07) is 6.67. The molecule has 1 aliphatic heterocycles. The molecule has 2 N–H and O–H groups in total. The fourth-order valence-corrected chi connectivity index (χ4v) is 3.16. The summed E-state index contributed by atoms with van der Waals surface area (Å²) in [5, 5.41) is 14.3. The van der Waals surface area contributed by atoms with Crippen molar-refractivity contribution in [3.63, 3.8) is 0 Å². The molecule has 9 heteroatoms. The van der Waals surface area contributed by atoms with Crippen molar-refractivity contribution in [3.8, 4) is 6.07 Å². The molecule has 1 aromatic rings. The van der Waals surface area contributed by atoms with E-state index < -0.39 is 22.2 Å². The van der Waals surface area contributed by atoms with Gasteiger partial charge in [0, 0.05) is 25.3 Å². The molecule has 1 fully saturated rings. The van der Waals surface area contributed by atoms with Crippen LogP contribution in [0.3, 0.4) is 0 Å². The molecule has 0 bridgehead atoms. The predicted molar refractivity (Wildman–Crippen MR) is 89.1 cm³/mol. The number of amides is 2. The summed E-state index contributed by atoms with van der Waals surface area (Å²) in [7, 11) is -3.26. The highest BCUT2D eigenvalue weighted by Gasteiger charge is 2.26. The van der Waals surface area contributed by atoms with Crippen molar-refractivity contribution in [2.24, 2.45) is 0 Å². The predicted octanol–water partition coefficient (Wildman–Crippen LogP) is 0.649. The van der Waals surface area contributed by atoms with Crippen LogP contribution in [-0.4, -0.2) is 57.4 Å². The summed E-state index contributed by atoms with van der Waals surface area (Å²) in [5.41, 5.74) is 1.84. The van der Waals surface area contributed by atoms with Crippen LogP contribution in [0.1, 0.15) is 11.1 Å². The molecule has 0 spiro atoms. The second kappa shape index (κ2) is 7.61. The quantitative estimate of drug-likeness (QED) is 0.826. The van der Waals surface area contributed by atoms with E-state index in [1.807, 2.05) is 6.92 Å². The first kappa shape index (κ1) is 18.2. The topological polar surface area (TPSA) is 112 Å². The van der Waals surface area contributed by atoms with Crippen molar-refractivity contribution in [1.29, 1.82) is 5.26 Å². The molecule has 2 amide bonds. The van der Waals surface area contributed by atoms with Crippen LogP contribution in [0.2, 0.25) is 0 Å². The van der Waals surface area contributed by atoms with Crippen LogP contribution in [0.25, 0.3) is 0 Å². The Kier molecular flexibility index (Phi) is 5.77. The minimum Gasteiger partial charge on any atom is -0.374 e. The number of carbonyl (C=O) groups is 1. The third kappa shape index (κ3) is 4.92. The molecule has 24 heavy (non-hydrogen) atoms. The van der Waals surface area contributed by atoms with Gasteiger partial charge < -0.3 is 15.4 Å². The number of nitriles is 1. The number of hydrogen-bond donors (Lipinski definition) is 2. The lowest BCUT2D eigenvalue weighted by Crippen LogP contribution is -2.49. The van der Waals surface area contributed by atoms with Gasteiger partial charge in [0.05, 0.1) is 30.6 Å². The fourth-order valence-electron chi connectivity index (χ4n) is 2.32. The van der Waals surface area contributed by atoms with Crippen LogP contribution in [0.15, 0.2) is 18.2 Å². The number of benzene rings is 1. The lowest BCUT2D eigenvalue weighted by Gasteiger charge is -2.31. The number of nitrogens with one attached hydrogen (secondary N) is 2. The number of hydrogen-bond acceptors (Lipinski definition) is 5. The monoisotopic (exact) mass is 352 g/mol. The zero-order chi connectivity index (χ0) is 17.7. The van der Waals surface area contributed by atoms with Crippen LogP contribution in [0.5, 0.6) is 0 Å². The van der Waals surface area contributed by atoms with E-state index in [0.29, 0.717) is 24.4 Å². The van der Waals surface area contributed by atoms with E-state index in [0.717, 1.165) is 11.8 Å².